The summed E-state index contributed by atoms with van der Waals surface area (Å²) in [5.74, 6) is 0.559. The van der Waals surface area contributed by atoms with Crippen molar-refractivity contribution in [2.75, 3.05) is 5.73 Å². The number of nitrogens with two attached hydrogens (primary N) is 1. The molecular weight excluding hydrogens is 416 g/mol. The molecule has 2 N–H and O–H groups in total. The Labute approximate surface area is 171 Å². The summed E-state index contributed by atoms with van der Waals surface area (Å²) in [5.41, 5.74) is 8.46. The Balaban J connectivity index is 1.59. The van der Waals surface area contributed by atoms with E-state index in [0.29, 0.717) is 19.0 Å². The Hall–Kier alpha value is -3.30. The first-order valence-corrected chi connectivity index (χ1v) is 9.55. The van der Waals surface area contributed by atoms with E-state index in [1.54, 1.807) is 4.68 Å². The molecule has 0 aliphatic carbocycles. The molecule has 138 valence electrons. The second kappa shape index (κ2) is 7.75. The smallest absolute Gasteiger partial charge is 0.253 e. The van der Waals surface area contributed by atoms with E-state index in [-0.39, 0.29) is 11.4 Å². The molecule has 4 aromatic rings. The predicted octanol–water partition coefficient (Wildman–Crippen LogP) is 4.88. The number of nitrogens with zero attached hydrogens (tertiary/aromatic N) is 3. The van der Waals surface area contributed by atoms with Gasteiger partial charge >= 0.3 is 0 Å². The quantitative estimate of drug-likeness (QED) is 0.487. The highest BCUT2D eigenvalue weighted by molar-refractivity contribution is 9.10. The number of benzene rings is 3. The normalized spacial score (nSPS) is 10.7. The minimum atomic E-state index is 0.255. The van der Waals surface area contributed by atoms with Crippen molar-refractivity contribution in [3.8, 4) is 11.9 Å². The summed E-state index contributed by atoms with van der Waals surface area (Å²) in [6, 6.07) is 24.2. The molecule has 0 spiro atoms. The van der Waals surface area contributed by atoms with Crippen molar-refractivity contribution in [2.45, 2.75) is 13.2 Å². The molecular formula is C22H17BrN4O. The van der Waals surface area contributed by atoms with Crippen LogP contribution < -0.4 is 10.5 Å². The summed E-state index contributed by atoms with van der Waals surface area (Å²) in [5, 5.41) is 16.2. The first-order chi connectivity index (χ1) is 13.7. The van der Waals surface area contributed by atoms with Gasteiger partial charge in [-0.1, -0.05) is 70.5 Å². The van der Waals surface area contributed by atoms with Crippen LogP contribution in [0.2, 0.25) is 0 Å². The molecule has 1 aromatic heterocycles. The van der Waals surface area contributed by atoms with Crippen LogP contribution in [0.15, 0.2) is 71.2 Å². The molecule has 5 nitrogen and oxygen atoms in total. The minimum absolute atomic E-state index is 0.255. The first-order valence-electron chi connectivity index (χ1n) is 8.76. The Morgan fingerprint density at radius 3 is 2.57 bits per heavy atom. The van der Waals surface area contributed by atoms with E-state index < -0.39 is 0 Å². The van der Waals surface area contributed by atoms with Crippen molar-refractivity contribution in [2.24, 2.45) is 0 Å². The van der Waals surface area contributed by atoms with Crippen molar-refractivity contribution in [3.63, 3.8) is 0 Å². The fraction of sp³-hybridized carbons (Fsp3) is 0.0909. The summed E-state index contributed by atoms with van der Waals surface area (Å²) in [6.45, 7) is 0.774. The van der Waals surface area contributed by atoms with Gasteiger partial charge in [-0.15, -0.1) is 5.10 Å². The number of hydrogen-bond acceptors (Lipinski definition) is 4. The highest BCUT2D eigenvalue weighted by Gasteiger charge is 2.17. The van der Waals surface area contributed by atoms with Crippen molar-refractivity contribution in [3.05, 3.63) is 87.9 Å². The van der Waals surface area contributed by atoms with Crippen LogP contribution in [0.1, 0.15) is 16.7 Å². The summed E-state index contributed by atoms with van der Waals surface area (Å²) >= 11 is 3.42. The summed E-state index contributed by atoms with van der Waals surface area (Å²) in [7, 11) is 0. The Bertz CT molecular complexity index is 1170. The Kier molecular flexibility index (Phi) is 5.00. The SMILES string of the molecule is N#Cc1c(OCc2cccc3ccccc23)nn(Cc2ccc(Br)cc2)c1N. The van der Waals surface area contributed by atoms with Crippen molar-refractivity contribution >= 4 is 32.5 Å². The van der Waals surface area contributed by atoms with Gasteiger partial charge in [-0.3, -0.25) is 0 Å². The highest BCUT2D eigenvalue weighted by atomic mass is 79.9. The summed E-state index contributed by atoms with van der Waals surface area (Å²) < 4.78 is 8.50. The lowest BCUT2D eigenvalue weighted by Crippen LogP contribution is -2.06. The van der Waals surface area contributed by atoms with Gasteiger partial charge in [0, 0.05) is 4.47 Å². The minimum Gasteiger partial charge on any atom is -0.471 e. The van der Waals surface area contributed by atoms with Crippen LogP contribution in [0.5, 0.6) is 5.88 Å². The molecule has 4 rings (SSSR count). The number of nitriles is 1. The van der Waals surface area contributed by atoms with Crippen LogP contribution in [-0.4, -0.2) is 9.78 Å². The molecule has 0 bridgehead atoms. The van der Waals surface area contributed by atoms with Crippen molar-refractivity contribution in [1.82, 2.24) is 9.78 Å². The van der Waals surface area contributed by atoms with Gasteiger partial charge in [-0.2, -0.15) is 5.26 Å². The van der Waals surface area contributed by atoms with Gasteiger partial charge in [0.25, 0.3) is 5.88 Å². The largest absolute Gasteiger partial charge is 0.471 e. The molecule has 0 fully saturated rings. The maximum absolute atomic E-state index is 9.51. The molecule has 0 saturated carbocycles. The van der Waals surface area contributed by atoms with E-state index in [2.05, 4.69) is 45.3 Å². The average molecular weight is 433 g/mol. The molecule has 0 aliphatic heterocycles. The first kappa shape index (κ1) is 18.1. The zero-order chi connectivity index (χ0) is 19.5. The Morgan fingerprint density at radius 1 is 1.04 bits per heavy atom. The van der Waals surface area contributed by atoms with Crippen LogP contribution in [0.4, 0.5) is 5.82 Å². The number of fused-ring (bicyclic) bond motifs is 1. The standard InChI is InChI=1S/C22H17BrN4O/c23-18-10-8-15(9-11-18)13-27-21(25)20(12-24)22(26-27)28-14-17-6-3-5-16-4-1-2-7-19(16)17/h1-11H,13-14,25H2. The molecule has 0 amide bonds. The Morgan fingerprint density at radius 2 is 1.79 bits per heavy atom. The molecule has 0 radical (unpaired) electrons. The van der Waals surface area contributed by atoms with Gasteiger partial charge in [0.1, 0.15) is 18.5 Å². The molecule has 3 aromatic carbocycles. The highest BCUT2D eigenvalue weighted by Crippen LogP contribution is 2.26. The van der Waals surface area contributed by atoms with Crippen LogP contribution in [-0.2, 0) is 13.2 Å². The van der Waals surface area contributed by atoms with E-state index >= 15 is 0 Å². The number of hydrogen-bond donors (Lipinski definition) is 1. The van der Waals surface area contributed by atoms with Gasteiger partial charge in [0.05, 0.1) is 6.54 Å². The molecule has 0 atom stereocenters. The van der Waals surface area contributed by atoms with E-state index in [9.17, 15) is 5.26 Å². The van der Waals surface area contributed by atoms with Gasteiger partial charge in [0.2, 0.25) is 0 Å². The molecule has 0 saturated heterocycles. The number of anilines is 1. The number of rotatable bonds is 5. The fourth-order valence-electron chi connectivity index (χ4n) is 3.11. The number of ether oxygens (including phenoxy) is 1. The van der Waals surface area contributed by atoms with Crippen LogP contribution in [0.3, 0.4) is 0 Å². The van der Waals surface area contributed by atoms with E-state index in [1.807, 2.05) is 48.5 Å². The number of nitrogen functional groups attached to an aromatic ring is 1. The number of aromatic nitrogens is 2. The average Bonchev–Trinajstić information content (AvgIpc) is 3.02. The fourth-order valence-corrected chi connectivity index (χ4v) is 3.37. The maximum atomic E-state index is 9.51. The van der Waals surface area contributed by atoms with Gasteiger partial charge in [-0.25, -0.2) is 4.68 Å². The van der Waals surface area contributed by atoms with Crippen LogP contribution in [0, 0.1) is 11.3 Å². The zero-order valence-corrected chi connectivity index (χ0v) is 16.6. The topological polar surface area (TPSA) is 76.9 Å². The second-order valence-corrected chi connectivity index (χ2v) is 7.30. The van der Waals surface area contributed by atoms with E-state index in [1.165, 1.54) is 0 Å². The van der Waals surface area contributed by atoms with E-state index in [0.717, 1.165) is 26.4 Å². The van der Waals surface area contributed by atoms with Crippen molar-refractivity contribution < 1.29 is 4.74 Å². The van der Waals surface area contributed by atoms with Gasteiger partial charge in [0.15, 0.2) is 5.56 Å². The summed E-state index contributed by atoms with van der Waals surface area (Å²) in [4.78, 5) is 0. The third-order valence-electron chi connectivity index (χ3n) is 4.56. The summed E-state index contributed by atoms with van der Waals surface area (Å²) in [6.07, 6.45) is 0. The van der Waals surface area contributed by atoms with E-state index in [4.69, 9.17) is 10.5 Å². The molecule has 0 unspecified atom stereocenters. The lowest BCUT2D eigenvalue weighted by molar-refractivity contribution is 0.290. The van der Waals surface area contributed by atoms with Crippen molar-refractivity contribution in [1.29, 1.82) is 5.26 Å². The molecule has 28 heavy (non-hydrogen) atoms. The lowest BCUT2D eigenvalue weighted by Gasteiger charge is -2.07. The molecule has 0 aliphatic rings. The number of halogens is 1. The lowest BCUT2D eigenvalue weighted by atomic mass is 10.1. The van der Waals surface area contributed by atoms with Crippen LogP contribution in [0.25, 0.3) is 10.8 Å². The maximum Gasteiger partial charge on any atom is 0.253 e. The molecule has 1 heterocycles. The monoisotopic (exact) mass is 432 g/mol. The molecule has 6 heteroatoms. The zero-order valence-electron chi connectivity index (χ0n) is 15.0. The van der Waals surface area contributed by atoms with Gasteiger partial charge in [-0.05, 0) is 34.0 Å². The third kappa shape index (κ3) is 3.57. The second-order valence-electron chi connectivity index (χ2n) is 6.39. The van der Waals surface area contributed by atoms with Crippen LogP contribution >= 0.6 is 15.9 Å². The predicted molar refractivity (Wildman–Crippen MR) is 113 cm³/mol. The third-order valence-corrected chi connectivity index (χ3v) is 5.09. The van der Waals surface area contributed by atoms with Gasteiger partial charge < -0.3 is 10.5 Å².